The lowest BCUT2D eigenvalue weighted by Gasteiger charge is -2.20. The largest absolute Gasteiger partial charge is 0.315 e. The second-order valence-electron chi connectivity index (χ2n) is 4.68. The fourth-order valence-corrected chi connectivity index (χ4v) is 2.56. The molecule has 1 saturated heterocycles. The first-order chi connectivity index (χ1) is 8.18. The summed E-state index contributed by atoms with van der Waals surface area (Å²) in [5.74, 6) is -0.277. The smallest absolute Gasteiger partial charge is 0.261 e. The monoisotopic (exact) mass is 230 g/mol. The van der Waals surface area contributed by atoms with Gasteiger partial charge in [-0.15, -0.1) is 0 Å². The topological polar surface area (TPSA) is 49.4 Å². The quantitative estimate of drug-likeness (QED) is 0.731. The Kier molecular flexibility index (Phi) is 2.26. The Morgan fingerprint density at radius 3 is 2.71 bits per heavy atom. The van der Waals surface area contributed by atoms with E-state index >= 15 is 0 Å². The van der Waals surface area contributed by atoms with Crippen LogP contribution in [-0.4, -0.2) is 35.8 Å². The predicted molar refractivity (Wildman–Crippen MR) is 63.0 cm³/mol. The van der Waals surface area contributed by atoms with Gasteiger partial charge in [0.05, 0.1) is 17.2 Å². The van der Waals surface area contributed by atoms with Crippen molar-refractivity contribution in [2.45, 2.75) is 19.4 Å². The number of fused-ring (bicyclic) bond motifs is 1. The Bertz CT molecular complexity index is 504. The van der Waals surface area contributed by atoms with E-state index in [1.54, 1.807) is 12.1 Å². The van der Waals surface area contributed by atoms with Gasteiger partial charge in [-0.2, -0.15) is 0 Å². The number of rotatable bonds is 1. The van der Waals surface area contributed by atoms with E-state index < -0.39 is 0 Å². The van der Waals surface area contributed by atoms with Crippen molar-refractivity contribution in [3.8, 4) is 0 Å². The summed E-state index contributed by atoms with van der Waals surface area (Å²) in [5, 5.41) is 3.18. The first kappa shape index (κ1) is 10.5. The minimum Gasteiger partial charge on any atom is -0.315 e. The highest BCUT2D eigenvalue weighted by atomic mass is 16.2. The fraction of sp³-hybridized carbons (Fsp3) is 0.385. The van der Waals surface area contributed by atoms with E-state index in [4.69, 9.17) is 0 Å². The van der Waals surface area contributed by atoms with Crippen molar-refractivity contribution in [2.24, 2.45) is 0 Å². The van der Waals surface area contributed by atoms with E-state index in [9.17, 15) is 9.59 Å². The van der Waals surface area contributed by atoms with Crippen molar-refractivity contribution in [2.75, 3.05) is 13.1 Å². The van der Waals surface area contributed by atoms with Crippen LogP contribution in [0, 0.1) is 6.92 Å². The van der Waals surface area contributed by atoms with Gasteiger partial charge in [0.2, 0.25) is 0 Å². The minimum absolute atomic E-state index is 0.0164. The van der Waals surface area contributed by atoms with Crippen LogP contribution in [0.1, 0.15) is 32.7 Å². The lowest BCUT2D eigenvalue weighted by atomic mass is 10.1. The number of imide groups is 1. The molecule has 0 aliphatic carbocycles. The zero-order valence-corrected chi connectivity index (χ0v) is 9.69. The maximum absolute atomic E-state index is 12.2. The first-order valence-corrected chi connectivity index (χ1v) is 5.88. The number of nitrogens with one attached hydrogen (secondary N) is 1. The molecule has 2 amide bonds. The molecule has 3 rings (SSSR count). The third-order valence-corrected chi connectivity index (χ3v) is 3.47. The molecule has 0 bridgehead atoms. The number of hydrogen-bond acceptors (Lipinski definition) is 3. The number of amides is 2. The molecule has 2 aliphatic heterocycles. The summed E-state index contributed by atoms with van der Waals surface area (Å²) in [6.07, 6.45) is 0.852. The molecule has 4 heteroatoms. The van der Waals surface area contributed by atoms with Crippen LogP contribution in [0.4, 0.5) is 0 Å². The molecule has 88 valence electrons. The van der Waals surface area contributed by atoms with Crippen molar-refractivity contribution in [1.82, 2.24) is 10.2 Å². The molecular weight excluding hydrogens is 216 g/mol. The second kappa shape index (κ2) is 3.67. The van der Waals surface area contributed by atoms with Crippen LogP contribution >= 0.6 is 0 Å². The van der Waals surface area contributed by atoms with Crippen molar-refractivity contribution < 1.29 is 9.59 Å². The van der Waals surface area contributed by atoms with Gasteiger partial charge in [-0.1, -0.05) is 11.6 Å². The normalized spacial score (nSPS) is 23.4. The van der Waals surface area contributed by atoms with Crippen molar-refractivity contribution >= 4 is 11.8 Å². The number of carbonyl (C=O) groups excluding carboxylic acids is 2. The molecule has 1 N–H and O–H groups in total. The van der Waals surface area contributed by atoms with E-state index in [0.717, 1.165) is 18.5 Å². The fourth-order valence-electron chi connectivity index (χ4n) is 2.56. The molecule has 1 aromatic carbocycles. The van der Waals surface area contributed by atoms with Crippen LogP contribution in [0.3, 0.4) is 0 Å². The molecule has 2 aliphatic rings. The number of carbonyl (C=O) groups is 2. The van der Waals surface area contributed by atoms with Crippen LogP contribution in [-0.2, 0) is 0 Å². The van der Waals surface area contributed by atoms with E-state index in [1.807, 2.05) is 13.0 Å². The van der Waals surface area contributed by atoms with Crippen LogP contribution in [0.2, 0.25) is 0 Å². The predicted octanol–water partition coefficient (Wildman–Crippen LogP) is 0.953. The Balaban J connectivity index is 2.02. The van der Waals surface area contributed by atoms with Crippen molar-refractivity contribution in [3.05, 3.63) is 34.9 Å². The standard InChI is InChI=1S/C13H14N2O2/c1-8-2-3-10-11(6-8)13(17)15(12(10)16)9-4-5-14-7-9/h2-3,6,9,14H,4-5,7H2,1H3. The SMILES string of the molecule is Cc1ccc2c(c1)C(=O)N(C1CCNC1)C2=O. The summed E-state index contributed by atoms with van der Waals surface area (Å²) in [6, 6.07) is 5.45. The van der Waals surface area contributed by atoms with Gasteiger partial charge in [0, 0.05) is 6.54 Å². The van der Waals surface area contributed by atoms with Crippen LogP contribution in [0.15, 0.2) is 18.2 Å². The highest BCUT2D eigenvalue weighted by Crippen LogP contribution is 2.27. The average molecular weight is 230 g/mol. The van der Waals surface area contributed by atoms with Gasteiger partial charge in [-0.3, -0.25) is 14.5 Å². The van der Waals surface area contributed by atoms with Crippen LogP contribution < -0.4 is 5.32 Å². The Hall–Kier alpha value is -1.68. The number of aryl methyl sites for hydroxylation is 1. The number of benzene rings is 1. The van der Waals surface area contributed by atoms with Gasteiger partial charge in [-0.25, -0.2) is 0 Å². The second-order valence-corrected chi connectivity index (χ2v) is 4.68. The molecule has 2 heterocycles. The van der Waals surface area contributed by atoms with E-state index in [-0.39, 0.29) is 17.9 Å². The molecule has 17 heavy (non-hydrogen) atoms. The summed E-state index contributed by atoms with van der Waals surface area (Å²) < 4.78 is 0. The van der Waals surface area contributed by atoms with Gasteiger partial charge in [-0.05, 0) is 32.0 Å². The lowest BCUT2D eigenvalue weighted by molar-refractivity contribution is 0.0597. The van der Waals surface area contributed by atoms with E-state index in [1.165, 1.54) is 4.90 Å². The Morgan fingerprint density at radius 2 is 2.00 bits per heavy atom. The zero-order chi connectivity index (χ0) is 12.0. The first-order valence-electron chi connectivity index (χ1n) is 5.88. The molecule has 4 nitrogen and oxygen atoms in total. The van der Waals surface area contributed by atoms with Gasteiger partial charge >= 0.3 is 0 Å². The molecule has 1 unspecified atom stereocenters. The third-order valence-electron chi connectivity index (χ3n) is 3.47. The Morgan fingerprint density at radius 1 is 1.24 bits per heavy atom. The molecule has 0 aromatic heterocycles. The highest BCUT2D eigenvalue weighted by molar-refractivity contribution is 6.21. The molecule has 0 spiro atoms. The van der Waals surface area contributed by atoms with Crippen LogP contribution in [0.5, 0.6) is 0 Å². The summed E-state index contributed by atoms with van der Waals surface area (Å²) >= 11 is 0. The maximum atomic E-state index is 12.2. The molecule has 1 atom stereocenters. The molecule has 0 radical (unpaired) electrons. The van der Waals surface area contributed by atoms with Gasteiger partial charge in [0.1, 0.15) is 0 Å². The number of nitrogens with zero attached hydrogens (tertiary/aromatic N) is 1. The molecule has 0 saturated carbocycles. The summed E-state index contributed by atoms with van der Waals surface area (Å²) in [5.41, 5.74) is 2.12. The summed E-state index contributed by atoms with van der Waals surface area (Å²) in [7, 11) is 0. The zero-order valence-electron chi connectivity index (χ0n) is 9.69. The highest BCUT2D eigenvalue weighted by Gasteiger charge is 2.40. The van der Waals surface area contributed by atoms with Crippen molar-refractivity contribution in [1.29, 1.82) is 0 Å². The maximum Gasteiger partial charge on any atom is 0.261 e. The molecule has 1 aromatic rings. The molecular formula is C13H14N2O2. The minimum atomic E-state index is -0.140. The van der Waals surface area contributed by atoms with Crippen molar-refractivity contribution in [3.63, 3.8) is 0 Å². The third kappa shape index (κ3) is 1.48. The van der Waals surface area contributed by atoms with Crippen LogP contribution in [0.25, 0.3) is 0 Å². The average Bonchev–Trinajstić information content (AvgIpc) is 2.88. The van der Waals surface area contributed by atoms with Gasteiger partial charge in [0.15, 0.2) is 0 Å². The van der Waals surface area contributed by atoms with E-state index in [2.05, 4.69) is 5.32 Å². The van der Waals surface area contributed by atoms with Gasteiger partial charge in [0.25, 0.3) is 11.8 Å². The van der Waals surface area contributed by atoms with Gasteiger partial charge < -0.3 is 5.32 Å². The van der Waals surface area contributed by atoms with E-state index in [0.29, 0.717) is 17.7 Å². The summed E-state index contributed by atoms with van der Waals surface area (Å²) in [6.45, 7) is 3.51. The Labute approximate surface area is 99.6 Å². The molecule has 1 fully saturated rings. The summed E-state index contributed by atoms with van der Waals surface area (Å²) in [4.78, 5) is 25.8. The lowest BCUT2D eigenvalue weighted by Crippen LogP contribution is -2.41. The number of hydrogen-bond donors (Lipinski definition) is 1.